The van der Waals surface area contributed by atoms with Crippen molar-refractivity contribution in [2.45, 2.75) is 6.92 Å². The summed E-state index contributed by atoms with van der Waals surface area (Å²) in [6.45, 7) is 1.97. The predicted octanol–water partition coefficient (Wildman–Crippen LogP) is 3.22. The molecule has 108 valence electrons. The zero-order chi connectivity index (χ0) is 15.7. The Bertz CT molecular complexity index is 884. The summed E-state index contributed by atoms with van der Waals surface area (Å²) in [6, 6.07) is 12.3. The van der Waals surface area contributed by atoms with Crippen molar-refractivity contribution in [2.24, 2.45) is 0 Å². The molecule has 0 unspecified atom stereocenters. The molecule has 0 spiro atoms. The maximum Gasteiger partial charge on any atom is 0.433 e. The lowest BCUT2D eigenvalue weighted by Gasteiger charge is -2.00. The molecule has 22 heavy (non-hydrogen) atoms. The Labute approximate surface area is 125 Å². The molecule has 7 heteroatoms. The van der Waals surface area contributed by atoms with Gasteiger partial charge in [0.1, 0.15) is 22.2 Å². The predicted molar refractivity (Wildman–Crippen MR) is 77.4 cm³/mol. The first kappa shape index (κ1) is 13.6. The third kappa shape index (κ3) is 2.33. The number of nitriles is 1. The van der Waals surface area contributed by atoms with Crippen LogP contribution < -0.4 is 0 Å². The molecule has 0 bridgehead atoms. The molecule has 0 saturated heterocycles. The van der Waals surface area contributed by atoms with E-state index in [-0.39, 0.29) is 22.9 Å². The molecule has 0 radical (unpaired) electrons. The maximum atomic E-state index is 10.7. The number of nitro groups is 1. The average molecular weight is 294 g/mol. The summed E-state index contributed by atoms with van der Waals surface area (Å²) in [5, 5.41) is 24.2. The van der Waals surface area contributed by atoms with Gasteiger partial charge in [-0.05, 0) is 25.1 Å². The van der Waals surface area contributed by atoms with Crippen LogP contribution in [0.25, 0.3) is 17.1 Å². The third-order valence-electron chi connectivity index (χ3n) is 3.14. The Kier molecular flexibility index (Phi) is 3.20. The Balaban J connectivity index is 2.06. The van der Waals surface area contributed by atoms with E-state index in [4.69, 9.17) is 4.42 Å². The van der Waals surface area contributed by atoms with Crippen LogP contribution in [0, 0.1) is 28.4 Å². The lowest BCUT2D eigenvalue weighted by molar-refractivity contribution is -0.401. The molecule has 0 fully saturated rings. The molecule has 0 N–H and O–H groups in total. The minimum Gasteiger partial charge on any atom is -0.399 e. The van der Waals surface area contributed by atoms with Gasteiger partial charge < -0.3 is 4.42 Å². The number of furan rings is 1. The van der Waals surface area contributed by atoms with E-state index in [9.17, 15) is 15.4 Å². The summed E-state index contributed by atoms with van der Waals surface area (Å²) in [7, 11) is 0. The summed E-state index contributed by atoms with van der Waals surface area (Å²) < 4.78 is 6.66. The second-order valence-electron chi connectivity index (χ2n) is 4.68. The molecule has 0 aliphatic heterocycles. The molecule has 0 atom stereocenters. The van der Waals surface area contributed by atoms with Crippen molar-refractivity contribution in [3.63, 3.8) is 0 Å². The Hall–Kier alpha value is -3.40. The summed E-state index contributed by atoms with van der Waals surface area (Å²) >= 11 is 0. The molecule has 0 amide bonds. The van der Waals surface area contributed by atoms with Gasteiger partial charge in [-0.25, -0.2) is 4.68 Å². The van der Waals surface area contributed by atoms with Gasteiger partial charge in [-0.15, -0.1) is 0 Å². The SMILES string of the molecule is Cc1ccc(-n2cc(C#N)c(-c3ccc([N+](=O)[O-])o3)n2)cc1. The van der Waals surface area contributed by atoms with E-state index in [1.807, 2.05) is 37.3 Å². The lowest BCUT2D eigenvalue weighted by Crippen LogP contribution is -1.94. The van der Waals surface area contributed by atoms with Crippen molar-refractivity contribution < 1.29 is 9.34 Å². The summed E-state index contributed by atoms with van der Waals surface area (Å²) in [5.74, 6) is -0.196. The highest BCUT2D eigenvalue weighted by Crippen LogP contribution is 2.28. The van der Waals surface area contributed by atoms with Crippen LogP contribution in [-0.4, -0.2) is 14.7 Å². The second-order valence-corrected chi connectivity index (χ2v) is 4.68. The molecule has 3 aromatic rings. The molecule has 2 heterocycles. The normalized spacial score (nSPS) is 10.4. The molecule has 0 aliphatic carbocycles. The number of nitrogens with zero attached hydrogens (tertiary/aromatic N) is 4. The van der Waals surface area contributed by atoms with Crippen LogP contribution in [-0.2, 0) is 0 Å². The Morgan fingerprint density at radius 2 is 2.00 bits per heavy atom. The van der Waals surface area contributed by atoms with Crippen LogP contribution in [0.2, 0.25) is 0 Å². The number of benzene rings is 1. The quantitative estimate of drug-likeness (QED) is 0.545. The first-order valence-electron chi connectivity index (χ1n) is 6.40. The van der Waals surface area contributed by atoms with E-state index in [0.717, 1.165) is 11.3 Å². The smallest absolute Gasteiger partial charge is 0.399 e. The third-order valence-corrected chi connectivity index (χ3v) is 3.14. The van der Waals surface area contributed by atoms with Crippen LogP contribution in [0.4, 0.5) is 5.88 Å². The van der Waals surface area contributed by atoms with Crippen molar-refractivity contribution in [1.29, 1.82) is 5.26 Å². The first-order valence-corrected chi connectivity index (χ1v) is 6.40. The van der Waals surface area contributed by atoms with Crippen molar-refractivity contribution in [3.05, 3.63) is 63.8 Å². The fourth-order valence-electron chi connectivity index (χ4n) is 2.02. The Morgan fingerprint density at radius 1 is 1.27 bits per heavy atom. The molecule has 3 rings (SSSR count). The number of hydrogen-bond acceptors (Lipinski definition) is 5. The van der Waals surface area contributed by atoms with Crippen LogP contribution in [0.15, 0.2) is 47.0 Å². The molecule has 2 aromatic heterocycles. The van der Waals surface area contributed by atoms with Crippen molar-refractivity contribution in [2.75, 3.05) is 0 Å². The monoisotopic (exact) mass is 294 g/mol. The van der Waals surface area contributed by atoms with Gasteiger partial charge >= 0.3 is 5.88 Å². The maximum absolute atomic E-state index is 10.7. The average Bonchev–Trinajstić information content (AvgIpc) is 3.14. The number of aryl methyl sites for hydroxylation is 1. The summed E-state index contributed by atoms with van der Waals surface area (Å²) in [6.07, 6.45) is 1.56. The van der Waals surface area contributed by atoms with Crippen molar-refractivity contribution in [3.8, 4) is 23.2 Å². The summed E-state index contributed by atoms with van der Waals surface area (Å²) in [5.41, 5.74) is 2.45. The van der Waals surface area contributed by atoms with Gasteiger partial charge in [-0.2, -0.15) is 10.4 Å². The molecule has 1 aromatic carbocycles. The zero-order valence-corrected chi connectivity index (χ0v) is 11.6. The van der Waals surface area contributed by atoms with Gasteiger partial charge in [0.15, 0.2) is 5.76 Å². The minimum absolute atomic E-state index is 0.189. The van der Waals surface area contributed by atoms with Gasteiger partial charge in [0.25, 0.3) is 0 Å². The second kappa shape index (κ2) is 5.18. The zero-order valence-electron chi connectivity index (χ0n) is 11.6. The molecule has 0 saturated carbocycles. The van der Waals surface area contributed by atoms with Gasteiger partial charge in [-0.3, -0.25) is 10.1 Å². The summed E-state index contributed by atoms with van der Waals surface area (Å²) in [4.78, 5) is 10.0. The highest BCUT2D eigenvalue weighted by molar-refractivity contribution is 5.62. The van der Waals surface area contributed by atoms with Crippen molar-refractivity contribution in [1.82, 2.24) is 9.78 Å². The van der Waals surface area contributed by atoms with Crippen LogP contribution in [0.5, 0.6) is 0 Å². The minimum atomic E-state index is -0.632. The fraction of sp³-hybridized carbons (Fsp3) is 0.0667. The van der Waals surface area contributed by atoms with Gasteiger partial charge in [0.05, 0.1) is 11.8 Å². The van der Waals surface area contributed by atoms with E-state index in [0.29, 0.717) is 0 Å². The largest absolute Gasteiger partial charge is 0.433 e. The van der Waals surface area contributed by atoms with Gasteiger partial charge in [0, 0.05) is 6.20 Å². The van der Waals surface area contributed by atoms with Gasteiger partial charge in [0.2, 0.25) is 0 Å². The standard InChI is InChI=1S/C15H10N4O3/c1-10-2-4-12(5-3-10)18-9-11(8-16)15(17-18)13-6-7-14(22-13)19(20)21/h2-7,9H,1H3. The van der Waals surface area contributed by atoms with E-state index < -0.39 is 4.92 Å². The highest BCUT2D eigenvalue weighted by Gasteiger charge is 2.19. The number of rotatable bonds is 3. The fourth-order valence-corrected chi connectivity index (χ4v) is 2.02. The molecule has 7 nitrogen and oxygen atoms in total. The number of hydrogen-bond donors (Lipinski definition) is 0. The highest BCUT2D eigenvalue weighted by atomic mass is 16.6. The van der Waals surface area contributed by atoms with E-state index in [1.54, 1.807) is 10.9 Å². The van der Waals surface area contributed by atoms with E-state index in [1.165, 1.54) is 12.1 Å². The van der Waals surface area contributed by atoms with Crippen molar-refractivity contribution >= 4 is 5.88 Å². The Morgan fingerprint density at radius 3 is 2.59 bits per heavy atom. The van der Waals surface area contributed by atoms with Gasteiger partial charge in [-0.1, -0.05) is 17.7 Å². The molecular formula is C15H10N4O3. The first-order chi connectivity index (χ1) is 10.6. The van der Waals surface area contributed by atoms with E-state index in [2.05, 4.69) is 5.10 Å². The van der Waals surface area contributed by atoms with Crippen LogP contribution in [0.1, 0.15) is 11.1 Å². The lowest BCUT2D eigenvalue weighted by atomic mass is 10.2. The van der Waals surface area contributed by atoms with E-state index >= 15 is 0 Å². The topological polar surface area (TPSA) is 97.9 Å². The molecular weight excluding hydrogens is 284 g/mol. The number of aromatic nitrogens is 2. The molecule has 0 aliphatic rings. The van der Waals surface area contributed by atoms with Crippen LogP contribution in [0.3, 0.4) is 0 Å². The van der Waals surface area contributed by atoms with Crippen LogP contribution >= 0.6 is 0 Å².